The minimum Gasteiger partial charge on any atom is -0.481 e. The van der Waals surface area contributed by atoms with E-state index in [1.54, 1.807) is 22.7 Å². The fourth-order valence-electron chi connectivity index (χ4n) is 7.80. The van der Waals surface area contributed by atoms with Crippen molar-refractivity contribution in [1.82, 2.24) is 34.8 Å². The molecule has 392 valence electrons. The van der Waals surface area contributed by atoms with Crippen molar-refractivity contribution >= 4 is 69.2 Å². The van der Waals surface area contributed by atoms with E-state index < -0.39 is 18.1 Å². The molecule has 8 rings (SSSR count). The maximum Gasteiger partial charge on any atom is 0.306 e. The molecule has 73 heavy (non-hydrogen) atoms. The maximum absolute atomic E-state index is 12.9. The summed E-state index contributed by atoms with van der Waals surface area (Å²) in [5.74, 6) is 1.60. The molecule has 2 aliphatic rings. The van der Waals surface area contributed by atoms with Gasteiger partial charge in [-0.05, 0) is 76.9 Å². The Kier molecular flexibility index (Phi) is 21.7. The van der Waals surface area contributed by atoms with Gasteiger partial charge in [0.1, 0.15) is 33.7 Å². The molecule has 2 atom stereocenters. The molecule has 0 unspecified atom stereocenters. The van der Waals surface area contributed by atoms with Gasteiger partial charge >= 0.3 is 5.97 Å². The number of halogens is 2. The zero-order valence-corrected chi connectivity index (χ0v) is 44.8. The second kappa shape index (κ2) is 27.8. The lowest BCUT2D eigenvalue weighted by atomic mass is 9.99. The van der Waals surface area contributed by atoms with Crippen molar-refractivity contribution in [2.24, 2.45) is 15.7 Å². The number of thiophene rings is 2. The fourth-order valence-corrected chi connectivity index (χ4v) is 10.5. The molecular formula is C50H62Cl2N10O9S2. The number of amides is 1. The number of nitrogens with two attached hydrogens (primary N) is 1. The van der Waals surface area contributed by atoms with E-state index in [0.29, 0.717) is 81.0 Å². The molecule has 6 heterocycles. The Balaban J connectivity index is 0.000000206. The van der Waals surface area contributed by atoms with Crippen LogP contribution in [0.2, 0.25) is 10.0 Å². The van der Waals surface area contributed by atoms with Crippen molar-refractivity contribution < 1.29 is 43.9 Å². The van der Waals surface area contributed by atoms with Crippen molar-refractivity contribution in [3.8, 4) is 10.0 Å². The summed E-state index contributed by atoms with van der Waals surface area (Å²) in [6.45, 7) is 16.6. The van der Waals surface area contributed by atoms with E-state index in [2.05, 4.69) is 53.4 Å². The first-order valence-corrected chi connectivity index (χ1v) is 26.0. The highest BCUT2D eigenvalue weighted by Crippen LogP contribution is 2.41. The summed E-state index contributed by atoms with van der Waals surface area (Å²) in [6.07, 6.45) is -0.0238. The summed E-state index contributed by atoms with van der Waals surface area (Å²) in [6, 6.07) is 13.9. The highest BCUT2D eigenvalue weighted by Gasteiger charge is 2.34. The number of rotatable bonds is 21. The van der Waals surface area contributed by atoms with E-state index in [-0.39, 0.29) is 38.6 Å². The SMILES string of the molecule is Cc1sc2c(c1C)C(c1ccc(Cl)cc1)=N[C@@H](CC(=O)NCCOCCOCCO)c1nnc(C)n1-2.Cc1sc2c(c1C)C(c1ccc(Cl)cc1)=N[C@@H](CC(=O)O)c1nnc(C)n1-2.NCCOCCOCCO. The van der Waals surface area contributed by atoms with Crippen LogP contribution in [-0.2, 0) is 28.5 Å². The van der Waals surface area contributed by atoms with Gasteiger partial charge in [-0.2, -0.15) is 0 Å². The third-order valence-corrected chi connectivity index (χ3v) is 14.4. The number of carbonyl (C=O) groups excluding carboxylic acids is 1. The second-order valence-electron chi connectivity index (χ2n) is 16.6. The molecule has 2 aliphatic heterocycles. The van der Waals surface area contributed by atoms with Gasteiger partial charge in [-0.15, -0.1) is 43.1 Å². The lowest BCUT2D eigenvalue weighted by Crippen LogP contribution is -2.29. The molecule has 0 radical (unpaired) electrons. The number of aryl methyl sites for hydroxylation is 4. The number of aliphatic carboxylic acids is 1. The van der Waals surface area contributed by atoms with Crippen LogP contribution in [0.5, 0.6) is 0 Å². The number of carboxylic acids is 1. The zero-order chi connectivity index (χ0) is 52.6. The van der Waals surface area contributed by atoms with Gasteiger partial charge in [0.2, 0.25) is 5.91 Å². The van der Waals surface area contributed by atoms with Gasteiger partial charge in [0.15, 0.2) is 11.6 Å². The van der Waals surface area contributed by atoms with E-state index in [9.17, 15) is 14.7 Å². The van der Waals surface area contributed by atoms with E-state index in [4.69, 9.17) is 68.1 Å². The van der Waals surface area contributed by atoms with Crippen LogP contribution in [0.4, 0.5) is 0 Å². The molecule has 0 aliphatic carbocycles. The number of carboxylic acid groups (broad SMARTS) is 1. The van der Waals surface area contributed by atoms with E-state index in [1.165, 1.54) is 9.75 Å². The molecule has 0 spiro atoms. The van der Waals surface area contributed by atoms with Crippen LogP contribution in [0.15, 0.2) is 58.5 Å². The topological polar surface area (TPSA) is 256 Å². The van der Waals surface area contributed by atoms with Crippen LogP contribution in [0.25, 0.3) is 10.0 Å². The molecule has 4 aromatic heterocycles. The number of aliphatic hydroxyl groups is 2. The van der Waals surface area contributed by atoms with Crippen molar-refractivity contribution in [3.05, 3.63) is 125 Å². The summed E-state index contributed by atoms with van der Waals surface area (Å²) in [4.78, 5) is 36.7. The third-order valence-electron chi connectivity index (χ3n) is 11.5. The Morgan fingerprint density at radius 2 is 1.03 bits per heavy atom. The first-order valence-electron chi connectivity index (χ1n) is 23.6. The number of fused-ring (bicyclic) bond motifs is 6. The average Bonchev–Trinajstić information content (AvgIpc) is 4.06. The normalized spacial score (nSPS) is 14.5. The van der Waals surface area contributed by atoms with E-state index >= 15 is 0 Å². The first kappa shape index (κ1) is 57.0. The Hall–Kier alpha value is -5.30. The van der Waals surface area contributed by atoms with Crippen molar-refractivity contribution in [1.29, 1.82) is 0 Å². The highest BCUT2D eigenvalue weighted by molar-refractivity contribution is 7.15. The van der Waals surface area contributed by atoms with Crippen LogP contribution in [0.3, 0.4) is 0 Å². The van der Waals surface area contributed by atoms with Gasteiger partial charge in [0.25, 0.3) is 0 Å². The minimum atomic E-state index is -0.926. The van der Waals surface area contributed by atoms with Crippen LogP contribution >= 0.6 is 45.9 Å². The average molecular weight is 1080 g/mol. The summed E-state index contributed by atoms with van der Waals surface area (Å²) < 4.78 is 24.5. The largest absolute Gasteiger partial charge is 0.481 e. The molecule has 2 aromatic carbocycles. The minimum absolute atomic E-state index is 0.0145. The van der Waals surface area contributed by atoms with E-state index in [1.807, 2.05) is 71.5 Å². The van der Waals surface area contributed by atoms with Crippen LogP contribution in [0, 0.1) is 41.5 Å². The smallest absolute Gasteiger partial charge is 0.306 e. The van der Waals surface area contributed by atoms with Crippen LogP contribution in [0.1, 0.15) is 91.4 Å². The number of nitrogens with one attached hydrogen (secondary N) is 1. The van der Waals surface area contributed by atoms with Gasteiger partial charge < -0.3 is 45.3 Å². The third kappa shape index (κ3) is 14.7. The molecular weight excluding hydrogens is 1020 g/mol. The quantitative estimate of drug-likeness (QED) is 0.0478. The van der Waals surface area contributed by atoms with Gasteiger partial charge in [-0.3, -0.25) is 28.7 Å². The molecule has 6 N–H and O–H groups in total. The second-order valence-corrected chi connectivity index (χ2v) is 19.9. The van der Waals surface area contributed by atoms with Crippen molar-refractivity contribution in [2.45, 2.75) is 66.5 Å². The first-order chi connectivity index (χ1) is 35.2. The molecule has 0 bridgehead atoms. The fraction of sp³-hybridized carbons (Fsp3) is 0.440. The number of aromatic nitrogens is 6. The molecule has 23 heteroatoms. The van der Waals surface area contributed by atoms with Gasteiger partial charge in [-0.25, -0.2) is 0 Å². The number of carbonyl (C=O) groups is 2. The number of nitrogens with zero attached hydrogens (tertiary/aromatic N) is 8. The monoisotopic (exact) mass is 1080 g/mol. The van der Waals surface area contributed by atoms with Crippen molar-refractivity contribution in [2.75, 3.05) is 79.2 Å². The lowest BCUT2D eigenvalue weighted by Gasteiger charge is -2.13. The van der Waals surface area contributed by atoms with Gasteiger partial charge in [0, 0.05) is 55.1 Å². The summed E-state index contributed by atoms with van der Waals surface area (Å²) >= 11 is 15.5. The van der Waals surface area contributed by atoms with Gasteiger partial charge in [-0.1, -0.05) is 47.5 Å². The Morgan fingerprint density at radius 3 is 1.44 bits per heavy atom. The number of hydrogen-bond donors (Lipinski definition) is 5. The molecule has 0 saturated heterocycles. The molecule has 1 amide bonds. The Labute approximate surface area is 442 Å². The number of benzene rings is 2. The lowest BCUT2D eigenvalue weighted by molar-refractivity contribution is -0.137. The van der Waals surface area contributed by atoms with Crippen LogP contribution < -0.4 is 11.1 Å². The predicted molar refractivity (Wildman–Crippen MR) is 283 cm³/mol. The summed E-state index contributed by atoms with van der Waals surface area (Å²) in [7, 11) is 0. The number of hydrogen-bond acceptors (Lipinski definition) is 17. The zero-order valence-electron chi connectivity index (χ0n) is 41.7. The van der Waals surface area contributed by atoms with Crippen LogP contribution in [-0.4, -0.2) is 147 Å². The number of aliphatic hydroxyl groups excluding tert-OH is 2. The highest BCUT2D eigenvalue weighted by atomic mass is 35.5. The Bertz CT molecular complexity index is 2840. The summed E-state index contributed by atoms with van der Waals surface area (Å²) in [5.41, 5.74) is 12.9. The number of ether oxygens (including phenoxy) is 4. The molecule has 0 fully saturated rings. The molecule has 0 saturated carbocycles. The Morgan fingerprint density at radius 1 is 0.616 bits per heavy atom. The predicted octanol–water partition coefficient (Wildman–Crippen LogP) is 6.58. The molecule has 19 nitrogen and oxygen atoms in total. The van der Waals surface area contributed by atoms with Crippen molar-refractivity contribution in [3.63, 3.8) is 0 Å². The summed E-state index contributed by atoms with van der Waals surface area (Å²) in [5, 5.41) is 49.8. The van der Waals surface area contributed by atoms with E-state index in [0.717, 1.165) is 66.5 Å². The van der Waals surface area contributed by atoms with Gasteiger partial charge in [0.05, 0.1) is 90.3 Å². The number of aliphatic imine (C=N–C) groups is 2. The maximum atomic E-state index is 12.9. The standard InChI is InChI=1S/C25H30ClN5O4S.C19H17ClN4O2S.C6H15NO3/c1-15-16(2)36-25-22(15)23(18-4-6-19(26)7-5-18)28-20(24-30-29-17(3)31(24)25)14-21(33)27-8-10-34-12-13-35-11-9-32;1-9-10(2)27-19-16(9)17(12-4-6-13(20)7-5-12)21-14(8-15(25)26)18-23-22-11(3)24(18)19;7-1-3-9-5-6-10-4-2-8/h4-7,20,32H,8-14H2,1-3H3,(H,27,33);4-7,14H,8H2,1-3H3,(H,25,26);8H,1-7H2/t20-;14-;/m00./s1. The molecule has 6 aromatic rings.